The van der Waals surface area contributed by atoms with Crippen LogP contribution >= 0.6 is 11.6 Å². The van der Waals surface area contributed by atoms with E-state index in [2.05, 4.69) is 0 Å². The summed E-state index contributed by atoms with van der Waals surface area (Å²) in [5.74, 6) is -0.733. The number of hydrogen-bond acceptors (Lipinski definition) is 3. The minimum atomic E-state index is -4.30. The third-order valence-corrected chi connectivity index (χ3v) is 7.02. The lowest BCUT2D eigenvalue weighted by molar-refractivity contribution is 0.153. The first kappa shape index (κ1) is 20.1. The predicted molar refractivity (Wildman–Crippen MR) is 107 cm³/mol. The van der Waals surface area contributed by atoms with Crippen molar-refractivity contribution in [3.8, 4) is 0 Å². The van der Waals surface area contributed by atoms with E-state index >= 15 is 0 Å². The van der Waals surface area contributed by atoms with Crippen molar-refractivity contribution in [2.24, 2.45) is 0 Å². The van der Waals surface area contributed by atoms with Crippen molar-refractivity contribution in [2.75, 3.05) is 18.0 Å². The molecular formula is C20H18ClF3N2O2S. The Labute approximate surface area is 171 Å². The van der Waals surface area contributed by atoms with Crippen LogP contribution in [-0.2, 0) is 10.0 Å². The number of aromatic nitrogens is 1. The van der Waals surface area contributed by atoms with Crippen LogP contribution in [-0.4, -0.2) is 25.5 Å². The monoisotopic (exact) mass is 442 g/mol. The molecule has 0 unspecified atom stereocenters. The molecular weight excluding hydrogens is 425 g/mol. The van der Waals surface area contributed by atoms with Gasteiger partial charge in [0.1, 0.15) is 5.82 Å². The number of halogens is 4. The molecule has 0 amide bonds. The van der Waals surface area contributed by atoms with Gasteiger partial charge in [-0.3, -0.25) is 0 Å². The summed E-state index contributed by atoms with van der Waals surface area (Å²) in [5.41, 5.74) is 0.158. The van der Waals surface area contributed by atoms with Crippen molar-refractivity contribution in [1.82, 2.24) is 3.97 Å². The van der Waals surface area contributed by atoms with Crippen LogP contribution in [0.15, 0.2) is 47.5 Å². The molecule has 0 N–H and O–H groups in total. The molecule has 9 heteroatoms. The average molecular weight is 443 g/mol. The minimum Gasteiger partial charge on any atom is -0.371 e. The van der Waals surface area contributed by atoms with Crippen LogP contribution in [0.3, 0.4) is 0 Å². The molecule has 2 aromatic carbocycles. The van der Waals surface area contributed by atoms with Crippen molar-refractivity contribution >= 4 is 38.2 Å². The highest BCUT2D eigenvalue weighted by molar-refractivity contribution is 7.90. The van der Waals surface area contributed by atoms with E-state index in [4.69, 9.17) is 11.6 Å². The summed E-state index contributed by atoms with van der Waals surface area (Å²) in [5, 5.41) is 0.402. The molecule has 4 nitrogen and oxygen atoms in total. The molecule has 0 saturated carbocycles. The van der Waals surface area contributed by atoms with Gasteiger partial charge >= 0.3 is 0 Å². The third-order valence-electron chi connectivity index (χ3n) is 5.13. The lowest BCUT2D eigenvalue weighted by atomic mass is 10.1. The van der Waals surface area contributed by atoms with Crippen LogP contribution in [0.1, 0.15) is 31.3 Å². The number of alkyl halides is 2. The maximum absolute atomic E-state index is 13.9. The van der Waals surface area contributed by atoms with Crippen LogP contribution in [0.2, 0.25) is 5.02 Å². The van der Waals surface area contributed by atoms with E-state index in [0.717, 1.165) is 41.6 Å². The Balaban J connectivity index is 2.00. The topological polar surface area (TPSA) is 42.3 Å². The Kier molecular flexibility index (Phi) is 5.25. The maximum atomic E-state index is 13.9. The molecule has 0 atom stereocenters. The fourth-order valence-corrected chi connectivity index (χ4v) is 5.40. The second-order valence-electron chi connectivity index (χ2n) is 7.01. The number of piperidine rings is 1. The summed E-state index contributed by atoms with van der Waals surface area (Å²) < 4.78 is 68.4. The standard InChI is InChI=1S/C20H18ClF3N2O2S/c21-13-9-17(25-7-2-1-3-8-25)19-16(20(23)24)12-26(18(19)10-13)29(27,28)15-6-4-5-14(22)11-15/h4-6,9-12,20H,1-3,7-8H2. The van der Waals surface area contributed by atoms with Crippen LogP contribution in [0.5, 0.6) is 0 Å². The van der Waals surface area contributed by atoms with E-state index in [-0.39, 0.29) is 20.8 Å². The molecule has 0 aliphatic carbocycles. The lowest BCUT2D eigenvalue weighted by Gasteiger charge is -2.30. The van der Waals surface area contributed by atoms with E-state index in [1.807, 2.05) is 4.90 Å². The number of fused-ring (bicyclic) bond motifs is 1. The van der Waals surface area contributed by atoms with E-state index < -0.39 is 27.8 Å². The van der Waals surface area contributed by atoms with E-state index in [0.29, 0.717) is 18.8 Å². The molecule has 1 saturated heterocycles. The smallest absolute Gasteiger partial charge is 0.268 e. The second kappa shape index (κ2) is 7.57. The first-order chi connectivity index (χ1) is 13.8. The van der Waals surface area contributed by atoms with Gasteiger partial charge in [0.15, 0.2) is 0 Å². The number of nitrogens with zero attached hydrogens (tertiary/aromatic N) is 2. The molecule has 0 radical (unpaired) electrons. The van der Waals surface area contributed by atoms with Gasteiger partial charge in [-0.1, -0.05) is 17.7 Å². The third kappa shape index (κ3) is 3.59. The molecule has 1 aliphatic rings. The number of rotatable bonds is 4. The quantitative estimate of drug-likeness (QED) is 0.528. The normalized spacial score (nSPS) is 15.4. The van der Waals surface area contributed by atoms with Gasteiger partial charge in [0.2, 0.25) is 0 Å². The fourth-order valence-electron chi connectivity index (χ4n) is 3.80. The van der Waals surface area contributed by atoms with Gasteiger partial charge in [0.25, 0.3) is 16.4 Å². The number of benzene rings is 2. The molecule has 0 spiro atoms. The van der Waals surface area contributed by atoms with Crippen molar-refractivity contribution < 1.29 is 21.6 Å². The van der Waals surface area contributed by atoms with Crippen LogP contribution in [0.25, 0.3) is 10.9 Å². The van der Waals surface area contributed by atoms with Gasteiger partial charge < -0.3 is 4.90 Å². The highest BCUT2D eigenvalue weighted by Gasteiger charge is 2.28. The van der Waals surface area contributed by atoms with E-state index in [1.54, 1.807) is 6.07 Å². The highest BCUT2D eigenvalue weighted by Crippen LogP contribution is 2.40. The zero-order valence-corrected chi connectivity index (χ0v) is 16.9. The minimum absolute atomic E-state index is 0.0534. The highest BCUT2D eigenvalue weighted by atomic mass is 35.5. The summed E-state index contributed by atoms with van der Waals surface area (Å²) in [4.78, 5) is 1.64. The zero-order chi connectivity index (χ0) is 20.8. The SMILES string of the molecule is O=S(=O)(c1cccc(F)c1)n1cc(C(F)F)c2c(N3CCCCC3)cc(Cl)cc21. The molecule has 1 fully saturated rings. The number of hydrogen-bond donors (Lipinski definition) is 0. The Hall–Kier alpha value is -2.19. The summed E-state index contributed by atoms with van der Waals surface area (Å²) >= 11 is 6.24. The van der Waals surface area contributed by atoms with Crippen LogP contribution < -0.4 is 4.90 Å². The van der Waals surface area contributed by atoms with Gasteiger partial charge in [-0.2, -0.15) is 0 Å². The Morgan fingerprint density at radius 1 is 1.03 bits per heavy atom. The number of anilines is 1. The van der Waals surface area contributed by atoms with Crippen LogP contribution in [0.4, 0.5) is 18.9 Å². The van der Waals surface area contributed by atoms with Crippen molar-refractivity contribution in [2.45, 2.75) is 30.6 Å². The summed E-state index contributed by atoms with van der Waals surface area (Å²) in [6.45, 7) is 1.36. The van der Waals surface area contributed by atoms with Gasteiger partial charge in [-0.15, -0.1) is 0 Å². The first-order valence-corrected chi connectivity index (χ1v) is 11.0. The zero-order valence-electron chi connectivity index (χ0n) is 15.3. The predicted octanol–water partition coefficient (Wildman–Crippen LogP) is 5.60. The molecule has 29 heavy (non-hydrogen) atoms. The van der Waals surface area contributed by atoms with E-state index in [9.17, 15) is 21.6 Å². The lowest BCUT2D eigenvalue weighted by Crippen LogP contribution is -2.29. The Morgan fingerprint density at radius 2 is 1.76 bits per heavy atom. The summed E-state index contributed by atoms with van der Waals surface area (Å²) in [6, 6.07) is 7.41. The molecule has 2 heterocycles. The van der Waals surface area contributed by atoms with Crippen molar-refractivity contribution in [3.05, 3.63) is 59.0 Å². The second-order valence-corrected chi connectivity index (χ2v) is 9.26. The van der Waals surface area contributed by atoms with Crippen LogP contribution in [0, 0.1) is 5.82 Å². The first-order valence-electron chi connectivity index (χ1n) is 9.18. The van der Waals surface area contributed by atoms with Gasteiger partial charge in [-0.25, -0.2) is 25.6 Å². The average Bonchev–Trinajstić information content (AvgIpc) is 3.08. The van der Waals surface area contributed by atoms with Crippen molar-refractivity contribution in [1.29, 1.82) is 0 Å². The Bertz CT molecular complexity index is 1170. The largest absolute Gasteiger partial charge is 0.371 e. The summed E-state index contributed by atoms with van der Waals surface area (Å²) in [6.07, 6.45) is 0.919. The molecule has 4 rings (SSSR count). The van der Waals surface area contributed by atoms with Gasteiger partial charge in [0, 0.05) is 40.9 Å². The maximum Gasteiger partial charge on any atom is 0.268 e. The van der Waals surface area contributed by atoms with Crippen molar-refractivity contribution in [3.63, 3.8) is 0 Å². The molecule has 0 bridgehead atoms. The van der Waals surface area contributed by atoms with E-state index in [1.165, 1.54) is 18.2 Å². The van der Waals surface area contributed by atoms with Gasteiger partial charge in [0.05, 0.1) is 10.4 Å². The summed E-state index contributed by atoms with van der Waals surface area (Å²) in [7, 11) is -4.30. The molecule has 1 aromatic heterocycles. The Morgan fingerprint density at radius 3 is 2.41 bits per heavy atom. The molecule has 154 valence electrons. The fraction of sp³-hybridized carbons (Fsp3) is 0.300. The molecule has 1 aliphatic heterocycles. The molecule has 3 aromatic rings. The van der Waals surface area contributed by atoms with Gasteiger partial charge in [-0.05, 0) is 49.6 Å².